The lowest BCUT2D eigenvalue weighted by Crippen LogP contribution is -1.95. The highest BCUT2D eigenvalue weighted by Gasteiger charge is 2.08. The number of nitrogens with zero attached hydrogens (tertiary/aromatic N) is 1. The van der Waals surface area contributed by atoms with Crippen molar-refractivity contribution in [3.63, 3.8) is 0 Å². The predicted molar refractivity (Wildman–Crippen MR) is 101 cm³/mol. The van der Waals surface area contributed by atoms with Crippen molar-refractivity contribution in [2.24, 2.45) is 4.99 Å². The molecule has 0 saturated heterocycles. The van der Waals surface area contributed by atoms with Crippen LogP contribution in [-0.2, 0) is 0 Å². The van der Waals surface area contributed by atoms with Crippen LogP contribution in [0, 0.1) is 0 Å². The molecule has 0 atom stereocenters. The molecule has 0 aliphatic carbocycles. The Kier molecular flexibility index (Phi) is 3.51. The molecule has 0 aliphatic heterocycles. The normalized spacial score (nSPS) is 12.0. The fourth-order valence-corrected chi connectivity index (χ4v) is 2.91. The lowest BCUT2D eigenvalue weighted by Gasteiger charge is -2.04. The van der Waals surface area contributed by atoms with Crippen LogP contribution in [0.15, 0.2) is 88.8 Å². The van der Waals surface area contributed by atoms with E-state index in [9.17, 15) is 0 Å². The standard InChI is InChI=1S/C22H17NO/c1-15(17-8-4-3-5-9-17)23-16(2)18-12-13-20-19-10-6-7-11-21(19)24-22(20)14-18/h3-14H,1H2,2H3. The van der Waals surface area contributed by atoms with E-state index in [1.165, 1.54) is 0 Å². The second-order valence-electron chi connectivity index (χ2n) is 5.82. The van der Waals surface area contributed by atoms with Gasteiger partial charge in [0.15, 0.2) is 0 Å². The summed E-state index contributed by atoms with van der Waals surface area (Å²) >= 11 is 0. The van der Waals surface area contributed by atoms with Crippen LogP contribution in [0.4, 0.5) is 0 Å². The number of fused-ring (bicyclic) bond motifs is 3. The molecule has 1 heterocycles. The molecular formula is C22H17NO. The Labute approximate surface area is 140 Å². The summed E-state index contributed by atoms with van der Waals surface area (Å²) in [5.74, 6) is 0. The molecule has 4 rings (SSSR count). The number of hydrogen-bond acceptors (Lipinski definition) is 2. The molecular weight excluding hydrogens is 294 g/mol. The molecule has 0 spiro atoms. The minimum Gasteiger partial charge on any atom is -0.456 e. The fraction of sp³-hybridized carbons (Fsp3) is 0.0455. The van der Waals surface area contributed by atoms with Gasteiger partial charge in [-0.3, -0.25) is 4.99 Å². The first kappa shape index (κ1) is 14.5. The highest BCUT2D eigenvalue weighted by atomic mass is 16.3. The summed E-state index contributed by atoms with van der Waals surface area (Å²) in [6.45, 7) is 6.07. The quantitative estimate of drug-likeness (QED) is 0.422. The van der Waals surface area contributed by atoms with Gasteiger partial charge in [0.05, 0.1) is 5.70 Å². The Bertz CT molecular complexity index is 1070. The van der Waals surface area contributed by atoms with Gasteiger partial charge in [-0.25, -0.2) is 0 Å². The topological polar surface area (TPSA) is 25.5 Å². The summed E-state index contributed by atoms with van der Waals surface area (Å²) in [5.41, 5.74) is 5.55. The third-order valence-corrected chi connectivity index (χ3v) is 4.21. The molecule has 0 radical (unpaired) electrons. The zero-order valence-corrected chi connectivity index (χ0v) is 13.5. The molecule has 0 bridgehead atoms. The molecule has 0 N–H and O–H groups in total. The maximum Gasteiger partial charge on any atom is 0.136 e. The first-order valence-electron chi connectivity index (χ1n) is 7.94. The molecule has 0 unspecified atom stereocenters. The largest absolute Gasteiger partial charge is 0.456 e. The summed E-state index contributed by atoms with van der Waals surface area (Å²) in [4.78, 5) is 4.66. The Hall–Kier alpha value is -3.13. The monoisotopic (exact) mass is 311 g/mol. The van der Waals surface area contributed by atoms with E-state index in [0.29, 0.717) is 0 Å². The Balaban J connectivity index is 1.74. The molecule has 0 fully saturated rings. The lowest BCUT2D eigenvalue weighted by atomic mass is 10.1. The van der Waals surface area contributed by atoms with Gasteiger partial charge in [0.1, 0.15) is 11.2 Å². The van der Waals surface area contributed by atoms with Gasteiger partial charge in [-0.1, -0.05) is 61.2 Å². The van der Waals surface area contributed by atoms with Crippen molar-refractivity contribution in [2.45, 2.75) is 6.92 Å². The van der Waals surface area contributed by atoms with Gasteiger partial charge >= 0.3 is 0 Å². The number of hydrogen-bond donors (Lipinski definition) is 0. The highest BCUT2D eigenvalue weighted by Crippen LogP contribution is 2.29. The Morgan fingerprint density at radius 3 is 2.33 bits per heavy atom. The molecule has 0 saturated carbocycles. The number of benzene rings is 3. The molecule has 116 valence electrons. The van der Waals surface area contributed by atoms with Crippen LogP contribution in [0.5, 0.6) is 0 Å². The molecule has 3 aromatic carbocycles. The summed E-state index contributed by atoms with van der Waals surface area (Å²) in [6.07, 6.45) is 0. The third-order valence-electron chi connectivity index (χ3n) is 4.21. The highest BCUT2D eigenvalue weighted by molar-refractivity contribution is 6.09. The van der Waals surface area contributed by atoms with E-state index in [1.54, 1.807) is 0 Å². The van der Waals surface area contributed by atoms with Crippen LogP contribution >= 0.6 is 0 Å². The van der Waals surface area contributed by atoms with Crippen molar-refractivity contribution < 1.29 is 4.42 Å². The predicted octanol–water partition coefficient (Wildman–Crippen LogP) is 6.07. The van der Waals surface area contributed by atoms with Crippen LogP contribution in [0.25, 0.3) is 27.6 Å². The van der Waals surface area contributed by atoms with E-state index in [0.717, 1.165) is 44.5 Å². The lowest BCUT2D eigenvalue weighted by molar-refractivity contribution is 0.669. The second-order valence-corrected chi connectivity index (χ2v) is 5.82. The maximum atomic E-state index is 5.96. The first-order chi connectivity index (χ1) is 11.7. The summed E-state index contributed by atoms with van der Waals surface area (Å²) in [5, 5.41) is 2.27. The molecule has 24 heavy (non-hydrogen) atoms. The van der Waals surface area contributed by atoms with Gasteiger partial charge in [0.25, 0.3) is 0 Å². The van der Waals surface area contributed by atoms with Crippen molar-refractivity contribution in [1.82, 2.24) is 0 Å². The average molecular weight is 311 g/mol. The smallest absolute Gasteiger partial charge is 0.136 e. The molecule has 0 amide bonds. The summed E-state index contributed by atoms with van der Waals surface area (Å²) in [7, 11) is 0. The number of rotatable bonds is 3. The Morgan fingerprint density at radius 1 is 0.792 bits per heavy atom. The minimum atomic E-state index is 0.762. The number of aliphatic imine (C=N–C) groups is 1. The first-order valence-corrected chi connectivity index (χ1v) is 7.94. The van der Waals surface area contributed by atoms with Gasteiger partial charge in [0.2, 0.25) is 0 Å². The van der Waals surface area contributed by atoms with Crippen molar-refractivity contribution in [3.05, 3.63) is 90.5 Å². The second kappa shape index (κ2) is 5.82. The van der Waals surface area contributed by atoms with E-state index >= 15 is 0 Å². The van der Waals surface area contributed by atoms with E-state index in [1.807, 2.05) is 61.5 Å². The van der Waals surface area contributed by atoms with Gasteiger partial charge < -0.3 is 4.42 Å². The maximum absolute atomic E-state index is 5.96. The van der Waals surface area contributed by atoms with Gasteiger partial charge in [0, 0.05) is 16.5 Å². The summed E-state index contributed by atoms with van der Waals surface area (Å²) in [6, 6.07) is 24.3. The summed E-state index contributed by atoms with van der Waals surface area (Å²) < 4.78 is 5.96. The molecule has 2 nitrogen and oxygen atoms in total. The van der Waals surface area contributed by atoms with Crippen molar-refractivity contribution in [1.29, 1.82) is 0 Å². The SMILES string of the molecule is C=C(N=C(C)c1ccc2c(c1)oc1ccccc12)c1ccccc1. The van der Waals surface area contributed by atoms with E-state index in [2.05, 4.69) is 29.8 Å². The van der Waals surface area contributed by atoms with E-state index in [4.69, 9.17) is 4.42 Å². The number of furan rings is 1. The molecule has 1 aromatic heterocycles. The molecule has 2 heteroatoms. The van der Waals surface area contributed by atoms with E-state index < -0.39 is 0 Å². The third kappa shape index (κ3) is 2.52. The van der Waals surface area contributed by atoms with Crippen LogP contribution in [0.3, 0.4) is 0 Å². The minimum absolute atomic E-state index is 0.762. The number of para-hydroxylation sites is 1. The van der Waals surface area contributed by atoms with Crippen molar-refractivity contribution >= 4 is 33.3 Å². The van der Waals surface area contributed by atoms with Crippen LogP contribution in [0.1, 0.15) is 18.1 Å². The van der Waals surface area contributed by atoms with Crippen molar-refractivity contribution in [3.8, 4) is 0 Å². The van der Waals surface area contributed by atoms with E-state index in [-0.39, 0.29) is 0 Å². The van der Waals surface area contributed by atoms with Gasteiger partial charge in [-0.2, -0.15) is 0 Å². The van der Waals surface area contributed by atoms with Gasteiger partial charge in [-0.15, -0.1) is 0 Å². The fourth-order valence-electron chi connectivity index (χ4n) is 2.91. The van der Waals surface area contributed by atoms with Crippen LogP contribution < -0.4 is 0 Å². The van der Waals surface area contributed by atoms with Gasteiger partial charge in [-0.05, 0) is 36.2 Å². The van der Waals surface area contributed by atoms with Crippen LogP contribution in [0.2, 0.25) is 0 Å². The zero-order valence-electron chi connectivity index (χ0n) is 13.5. The molecule has 4 aromatic rings. The molecule has 0 aliphatic rings. The van der Waals surface area contributed by atoms with Crippen molar-refractivity contribution in [2.75, 3.05) is 0 Å². The zero-order chi connectivity index (χ0) is 16.5. The average Bonchev–Trinajstić information content (AvgIpc) is 3.00. The van der Waals surface area contributed by atoms with Crippen LogP contribution in [-0.4, -0.2) is 5.71 Å². The Morgan fingerprint density at radius 2 is 1.50 bits per heavy atom.